The first-order valence-electron chi connectivity index (χ1n) is 6.24. The molecule has 94 valence electrons. The molecule has 16 heavy (non-hydrogen) atoms. The Labute approximate surface area is 98.3 Å². The summed E-state index contributed by atoms with van der Waals surface area (Å²) in [7, 11) is 3.71. The average molecular weight is 228 g/mol. The SMILES string of the molecule is CNCCN(C)C(=O)COC1CCCCC1. The second kappa shape index (κ2) is 7.63. The molecule has 0 aromatic carbocycles. The van der Waals surface area contributed by atoms with Gasteiger partial charge in [-0.2, -0.15) is 0 Å². The van der Waals surface area contributed by atoms with E-state index in [1.165, 1.54) is 19.3 Å². The normalized spacial score (nSPS) is 17.4. The predicted molar refractivity (Wildman–Crippen MR) is 64.4 cm³/mol. The van der Waals surface area contributed by atoms with Gasteiger partial charge in [-0.05, 0) is 19.9 Å². The first kappa shape index (κ1) is 13.5. The maximum atomic E-state index is 11.7. The van der Waals surface area contributed by atoms with Crippen LogP contribution >= 0.6 is 0 Å². The van der Waals surface area contributed by atoms with E-state index in [0.717, 1.165) is 25.9 Å². The van der Waals surface area contributed by atoms with Crippen molar-refractivity contribution in [3.63, 3.8) is 0 Å². The summed E-state index contributed by atoms with van der Waals surface area (Å²) in [4.78, 5) is 13.4. The van der Waals surface area contributed by atoms with Crippen molar-refractivity contribution in [3.8, 4) is 0 Å². The van der Waals surface area contributed by atoms with Crippen LogP contribution in [0.3, 0.4) is 0 Å². The van der Waals surface area contributed by atoms with Crippen LogP contribution in [-0.2, 0) is 9.53 Å². The Hall–Kier alpha value is -0.610. The summed E-state index contributed by atoms with van der Waals surface area (Å²) >= 11 is 0. The molecule has 4 heteroatoms. The Bertz CT molecular complexity index is 203. The number of hydrogen-bond donors (Lipinski definition) is 1. The van der Waals surface area contributed by atoms with Crippen LogP contribution in [0.25, 0.3) is 0 Å². The van der Waals surface area contributed by atoms with Gasteiger partial charge in [0.2, 0.25) is 5.91 Å². The standard InChI is InChI=1S/C12H24N2O2/c1-13-8-9-14(2)12(15)10-16-11-6-4-3-5-7-11/h11,13H,3-10H2,1-2H3. The molecular formula is C12H24N2O2. The van der Waals surface area contributed by atoms with Gasteiger partial charge in [0.25, 0.3) is 0 Å². The first-order chi connectivity index (χ1) is 7.74. The number of carbonyl (C=O) groups excluding carboxylic acids is 1. The summed E-state index contributed by atoms with van der Waals surface area (Å²) in [5, 5.41) is 3.02. The smallest absolute Gasteiger partial charge is 0.248 e. The van der Waals surface area contributed by atoms with Crippen molar-refractivity contribution in [3.05, 3.63) is 0 Å². The minimum absolute atomic E-state index is 0.0841. The zero-order chi connectivity index (χ0) is 11.8. The fourth-order valence-corrected chi connectivity index (χ4v) is 1.94. The van der Waals surface area contributed by atoms with Gasteiger partial charge in [0.1, 0.15) is 6.61 Å². The van der Waals surface area contributed by atoms with Crippen LogP contribution in [-0.4, -0.2) is 50.7 Å². The highest BCUT2D eigenvalue weighted by atomic mass is 16.5. The number of likely N-dealkylation sites (N-methyl/N-ethyl adjacent to an activating group) is 2. The molecule has 0 heterocycles. The molecule has 0 aliphatic heterocycles. The summed E-state index contributed by atoms with van der Waals surface area (Å²) in [5.41, 5.74) is 0. The van der Waals surface area contributed by atoms with Gasteiger partial charge in [-0.25, -0.2) is 0 Å². The van der Waals surface area contributed by atoms with E-state index in [1.807, 2.05) is 14.1 Å². The fraction of sp³-hybridized carbons (Fsp3) is 0.917. The molecule has 0 spiro atoms. The molecule has 4 nitrogen and oxygen atoms in total. The molecule has 0 aromatic heterocycles. The van der Waals surface area contributed by atoms with E-state index < -0.39 is 0 Å². The summed E-state index contributed by atoms with van der Waals surface area (Å²) < 4.78 is 5.63. The van der Waals surface area contributed by atoms with Crippen molar-refractivity contribution in [2.75, 3.05) is 33.8 Å². The third kappa shape index (κ3) is 4.94. The Balaban J connectivity index is 2.12. The van der Waals surface area contributed by atoms with Gasteiger partial charge in [-0.1, -0.05) is 19.3 Å². The third-order valence-electron chi connectivity index (χ3n) is 3.12. The first-order valence-corrected chi connectivity index (χ1v) is 6.24. The van der Waals surface area contributed by atoms with Crippen molar-refractivity contribution in [2.45, 2.75) is 38.2 Å². The highest BCUT2D eigenvalue weighted by Gasteiger charge is 2.16. The molecule has 1 fully saturated rings. The van der Waals surface area contributed by atoms with E-state index in [0.29, 0.717) is 6.10 Å². The van der Waals surface area contributed by atoms with Gasteiger partial charge >= 0.3 is 0 Å². The van der Waals surface area contributed by atoms with Crippen LogP contribution in [0, 0.1) is 0 Å². The molecule has 1 N–H and O–H groups in total. The number of amides is 1. The van der Waals surface area contributed by atoms with E-state index in [-0.39, 0.29) is 12.5 Å². The maximum Gasteiger partial charge on any atom is 0.248 e. The summed E-state index contributed by atoms with van der Waals surface area (Å²) in [6, 6.07) is 0. The molecule has 0 bridgehead atoms. The van der Waals surface area contributed by atoms with Gasteiger partial charge in [0.05, 0.1) is 6.10 Å². The van der Waals surface area contributed by atoms with Crippen LogP contribution < -0.4 is 5.32 Å². The molecular weight excluding hydrogens is 204 g/mol. The van der Waals surface area contributed by atoms with E-state index in [4.69, 9.17) is 4.74 Å². The molecule has 0 atom stereocenters. The van der Waals surface area contributed by atoms with Crippen molar-refractivity contribution in [1.82, 2.24) is 10.2 Å². The lowest BCUT2D eigenvalue weighted by atomic mass is 9.98. The molecule has 1 aliphatic carbocycles. The number of carbonyl (C=O) groups is 1. The van der Waals surface area contributed by atoms with Crippen molar-refractivity contribution >= 4 is 5.91 Å². The quantitative estimate of drug-likeness (QED) is 0.738. The maximum absolute atomic E-state index is 11.7. The largest absolute Gasteiger partial charge is 0.368 e. The number of hydrogen-bond acceptors (Lipinski definition) is 3. The minimum atomic E-state index is 0.0841. The average Bonchev–Trinajstić information content (AvgIpc) is 2.34. The van der Waals surface area contributed by atoms with Gasteiger partial charge in [0, 0.05) is 20.1 Å². The summed E-state index contributed by atoms with van der Waals surface area (Å²) in [6.45, 7) is 1.81. The predicted octanol–water partition coefficient (Wildman–Crippen LogP) is 1.01. The number of nitrogens with zero attached hydrogens (tertiary/aromatic N) is 1. The Morgan fingerprint density at radius 3 is 2.69 bits per heavy atom. The van der Waals surface area contributed by atoms with E-state index >= 15 is 0 Å². The summed E-state index contributed by atoms with van der Waals surface area (Å²) in [6.07, 6.45) is 6.36. The van der Waals surface area contributed by atoms with Gasteiger partial charge in [0.15, 0.2) is 0 Å². The van der Waals surface area contributed by atoms with Gasteiger partial charge < -0.3 is 15.0 Å². The molecule has 1 rings (SSSR count). The Morgan fingerprint density at radius 2 is 2.06 bits per heavy atom. The van der Waals surface area contributed by atoms with E-state index in [1.54, 1.807) is 4.90 Å². The van der Waals surface area contributed by atoms with E-state index in [9.17, 15) is 4.79 Å². The molecule has 1 amide bonds. The van der Waals surface area contributed by atoms with Gasteiger partial charge in [-0.3, -0.25) is 4.79 Å². The molecule has 0 radical (unpaired) electrons. The lowest BCUT2D eigenvalue weighted by molar-refractivity contribution is -0.137. The highest BCUT2D eigenvalue weighted by Crippen LogP contribution is 2.20. The van der Waals surface area contributed by atoms with Crippen LogP contribution in [0.1, 0.15) is 32.1 Å². The van der Waals surface area contributed by atoms with Crippen molar-refractivity contribution in [1.29, 1.82) is 0 Å². The lowest BCUT2D eigenvalue weighted by Gasteiger charge is -2.23. The molecule has 0 unspecified atom stereocenters. The van der Waals surface area contributed by atoms with Gasteiger partial charge in [-0.15, -0.1) is 0 Å². The molecule has 1 aliphatic rings. The highest BCUT2D eigenvalue weighted by molar-refractivity contribution is 5.77. The Morgan fingerprint density at radius 1 is 1.38 bits per heavy atom. The van der Waals surface area contributed by atoms with E-state index in [2.05, 4.69) is 5.32 Å². The van der Waals surface area contributed by atoms with Crippen molar-refractivity contribution in [2.24, 2.45) is 0 Å². The second-order valence-electron chi connectivity index (χ2n) is 4.49. The molecule has 1 saturated carbocycles. The number of ether oxygens (including phenoxy) is 1. The van der Waals surface area contributed by atoms with Crippen LogP contribution in [0.4, 0.5) is 0 Å². The summed E-state index contributed by atoms with van der Waals surface area (Å²) in [5.74, 6) is 0.0841. The minimum Gasteiger partial charge on any atom is -0.368 e. The topological polar surface area (TPSA) is 41.6 Å². The number of rotatable bonds is 6. The monoisotopic (exact) mass is 228 g/mol. The molecule has 0 aromatic rings. The zero-order valence-electron chi connectivity index (χ0n) is 10.5. The Kier molecular flexibility index (Phi) is 6.42. The van der Waals surface area contributed by atoms with Crippen LogP contribution in [0.5, 0.6) is 0 Å². The number of nitrogens with one attached hydrogen (secondary N) is 1. The van der Waals surface area contributed by atoms with Crippen molar-refractivity contribution < 1.29 is 9.53 Å². The third-order valence-corrected chi connectivity index (χ3v) is 3.12. The zero-order valence-corrected chi connectivity index (χ0v) is 10.5. The molecule has 0 saturated heterocycles. The van der Waals surface area contributed by atoms with Crippen LogP contribution in [0.2, 0.25) is 0 Å². The fourth-order valence-electron chi connectivity index (χ4n) is 1.94. The lowest BCUT2D eigenvalue weighted by Crippen LogP contribution is -2.36. The van der Waals surface area contributed by atoms with Crippen LogP contribution in [0.15, 0.2) is 0 Å². The second-order valence-corrected chi connectivity index (χ2v) is 4.49.